The van der Waals surface area contributed by atoms with Gasteiger partial charge in [0.2, 0.25) is 0 Å². The van der Waals surface area contributed by atoms with Crippen molar-refractivity contribution in [3.63, 3.8) is 0 Å². The largest absolute Gasteiger partial charge is 0.425 e. The number of carbonyl (C=O) groups is 1. The molecule has 0 aliphatic carbocycles. The van der Waals surface area contributed by atoms with Gasteiger partial charge in [0.25, 0.3) is 11.9 Å². The Kier molecular flexibility index (Phi) is 4.66. The van der Waals surface area contributed by atoms with Crippen LogP contribution in [-0.4, -0.2) is 55.3 Å². The summed E-state index contributed by atoms with van der Waals surface area (Å²) in [7, 11) is 0. The van der Waals surface area contributed by atoms with E-state index in [9.17, 15) is 4.79 Å². The fraction of sp³-hybridized carbons (Fsp3) is 0.500. The highest BCUT2D eigenvalue weighted by molar-refractivity contribution is 5.94. The lowest BCUT2D eigenvalue weighted by atomic mass is 9.95. The number of oxazole rings is 1. The second-order valence-electron chi connectivity index (χ2n) is 7.55. The maximum atomic E-state index is 12.5. The summed E-state index contributed by atoms with van der Waals surface area (Å²) in [5.74, 6) is 0.884. The summed E-state index contributed by atoms with van der Waals surface area (Å²) in [5, 5.41) is 6.68. The number of nitrogens with zero attached hydrogens (tertiary/aromatic N) is 2. The van der Waals surface area contributed by atoms with Crippen LogP contribution in [0.15, 0.2) is 34.9 Å². The molecule has 2 N–H and O–H groups in total. The van der Waals surface area contributed by atoms with Crippen molar-refractivity contribution in [3.8, 4) is 11.7 Å². The third-order valence-electron chi connectivity index (χ3n) is 5.71. The van der Waals surface area contributed by atoms with E-state index >= 15 is 0 Å². The SMILES string of the molecule is O=C(N[C@@H]1C[C@H]2CC[C@@H]1N2)c1ccc(Oc2cnc(N3CCOCC3)o2)cc1. The van der Waals surface area contributed by atoms with Crippen LogP contribution in [-0.2, 0) is 4.74 Å². The molecular weight excluding hydrogens is 360 g/mol. The number of amides is 1. The van der Waals surface area contributed by atoms with E-state index in [2.05, 4.69) is 15.6 Å². The molecule has 1 aromatic carbocycles. The predicted molar refractivity (Wildman–Crippen MR) is 102 cm³/mol. The molecule has 28 heavy (non-hydrogen) atoms. The zero-order valence-corrected chi connectivity index (χ0v) is 15.6. The number of hydrogen-bond donors (Lipinski definition) is 2. The van der Waals surface area contributed by atoms with Gasteiger partial charge in [-0.05, 0) is 43.5 Å². The Morgan fingerprint density at radius 3 is 2.75 bits per heavy atom. The van der Waals surface area contributed by atoms with Gasteiger partial charge in [-0.25, -0.2) is 0 Å². The van der Waals surface area contributed by atoms with Crippen molar-refractivity contribution >= 4 is 11.9 Å². The third kappa shape index (κ3) is 3.57. The Labute approximate surface area is 163 Å². The Hall–Kier alpha value is -2.58. The van der Waals surface area contributed by atoms with Crippen LogP contribution in [0.1, 0.15) is 29.6 Å². The predicted octanol–water partition coefficient (Wildman–Crippen LogP) is 1.93. The van der Waals surface area contributed by atoms with Gasteiger partial charge in [0.05, 0.1) is 13.2 Å². The zero-order valence-electron chi connectivity index (χ0n) is 15.6. The molecule has 8 nitrogen and oxygen atoms in total. The minimum absolute atomic E-state index is 0.0415. The number of benzene rings is 1. The van der Waals surface area contributed by atoms with E-state index in [4.69, 9.17) is 13.9 Å². The third-order valence-corrected chi connectivity index (χ3v) is 5.71. The summed E-state index contributed by atoms with van der Waals surface area (Å²) >= 11 is 0. The van der Waals surface area contributed by atoms with Gasteiger partial charge in [0.1, 0.15) is 11.9 Å². The standard InChI is InChI=1S/C20H24N4O4/c25-19(23-17-11-14-3-6-16(17)22-14)13-1-4-15(5-2-13)27-18-12-21-20(28-18)24-7-9-26-10-8-24/h1-2,4-5,12,14,16-17,22H,3,6-11H2,(H,23,25)/t14-,16+,17-/m1/s1. The highest BCUT2D eigenvalue weighted by Gasteiger charge is 2.39. The van der Waals surface area contributed by atoms with Crippen LogP contribution in [0.4, 0.5) is 6.01 Å². The maximum Gasteiger partial charge on any atom is 0.312 e. The maximum absolute atomic E-state index is 12.5. The van der Waals surface area contributed by atoms with Crippen LogP contribution in [0.2, 0.25) is 0 Å². The van der Waals surface area contributed by atoms with E-state index < -0.39 is 0 Å². The minimum Gasteiger partial charge on any atom is -0.425 e. The molecule has 2 bridgehead atoms. The molecule has 1 aromatic heterocycles. The lowest BCUT2D eigenvalue weighted by molar-refractivity contribution is 0.0931. The monoisotopic (exact) mass is 384 g/mol. The first-order valence-electron chi connectivity index (χ1n) is 9.88. The van der Waals surface area contributed by atoms with Crippen molar-refractivity contribution in [1.29, 1.82) is 0 Å². The number of rotatable bonds is 5. The first-order chi connectivity index (χ1) is 13.7. The summed E-state index contributed by atoms with van der Waals surface area (Å²) < 4.78 is 16.7. The average Bonchev–Trinajstić information content (AvgIpc) is 3.46. The number of hydrogen-bond acceptors (Lipinski definition) is 7. The lowest BCUT2D eigenvalue weighted by Crippen LogP contribution is -2.42. The van der Waals surface area contributed by atoms with Gasteiger partial charge in [-0.1, -0.05) is 0 Å². The summed E-state index contributed by atoms with van der Waals surface area (Å²) in [6, 6.07) is 8.83. The van der Waals surface area contributed by atoms with Crippen LogP contribution in [0.5, 0.6) is 11.7 Å². The minimum atomic E-state index is -0.0415. The molecule has 3 saturated heterocycles. The van der Waals surface area contributed by atoms with Gasteiger partial charge < -0.3 is 29.4 Å². The molecule has 3 atom stereocenters. The molecule has 2 aromatic rings. The van der Waals surface area contributed by atoms with Crippen molar-refractivity contribution in [3.05, 3.63) is 36.0 Å². The van der Waals surface area contributed by atoms with Crippen LogP contribution in [0.3, 0.4) is 0 Å². The number of morpholine rings is 1. The normalized spacial score (nSPS) is 26.4. The number of carbonyl (C=O) groups excluding carboxylic acids is 1. The molecule has 1 amide bonds. The smallest absolute Gasteiger partial charge is 0.312 e. The summed E-state index contributed by atoms with van der Waals surface area (Å²) in [6.07, 6.45) is 4.95. The van der Waals surface area contributed by atoms with Crippen LogP contribution in [0, 0.1) is 0 Å². The Bertz CT molecular complexity index is 831. The van der Waals surface area contributed by atoms with E-state index in [1.807, 2.05) is 4.90 Å². The number of anilines is 1. The second kappa shape index (κ2) is 7.44. The average molecular weight is 384 g/mol. The lowest BCUT2D eigenvalue weighted by Gasteiger charge is -2.24. The molecule has 3 aliphatic rings. The number of ether oxygens (including phenoxy) is 2. The van der Waals surface area contributed by atoms with Crippen molar-refractivity contribution in [2.75, 3.05) is 31.2 Å². The molecule has 148 valence electrons. The summed E-state index contributed by atoms with van der Waals surface area (Å²) in [4.78, 5) is 18.8. The molecular formula is C20H24N4O4. The summed E-state index contributed by atoms with van der Waals surface area (Å²) in [5.41, 5.74) is 0.627. The summed E-state index contributed by atoms with van der Waals surface area (Å²) in [6.45, 7) is 2.84. The molecule has 4 heterocycles. The van der Waals surface area contributed by atoms with Gasteiger partial charge in [0.15, 0.2) is 0 Å². The van der Waals surface area contributed by atoms with Gasteiger partial charge in [0, 0.05) is 36.8 Å². The molecule has 0 spiro atoms. The molecule has 5 rings (SSSR count). The highest BCUT2D eigenvalue weighted by Crippen LogP contribution is 2.29. The van der Waals surface area contributed by atoms with Crippen LogP contribution >= 0.6 is 0 Å². The number of nitrogens with one attached hydrogen (secondary N) is 2. The van der Waals surface area contributed by atoms with Gasteiger partial charge in [-0.3, -0.25) is 4.79 Å². The second-order valence-corrected chi connectivity index (χ2v) is 7.55. The highest BCUT2D eigenvalue weighted by atomic mass is 16.6. The van der Waals surface area contributed by atoms with Gasteiger partial charge >= 0.3 is 5.95 Å². The Morgan fingerprint density at radius 2 is 2.04 bits per heavy atom. The molecule has 0 saturated carbocycles. The van der Waals surface area contributed by atoms with Crippen LogP contribution < -0.4 is 20.3 Å². The van der Waals surface area contributed by atoms with Gasteiger partial charge in [-0.2, -0.15) is 4.98 Å². The first kappa shape index (κ1) is 17.5. The Balaban J connectivity index is 1.18. The van der Waals surface area contributed by atoms with E-state index in [1.54, 1.807) is 30.5 Å². The fourth-order valence-electron chi connectivity index (χ4n) is 4.22. The molecule has 0 unspecified atom stereocenters. The molecule has 0 radical (unpaired) electrons. The Morgan fingerprint density at radius 1 is 1.21 bits per heavy atom. The van der Waals surface area contributed by atoms with Crippen molar-refractivity contribution < 1.29 is 18.7 Å². The molecule has 3 aliphatic heterocycles. The van der Waals surface area contributed by atoms with E-state index in [0.717, 1.165) is 25.9 Å². The van der Waals surface area contributed by atoms with E-state index in [1.165, 1.54) is 6.42 Å². The van der Waals surface area contributed by atoms with Crippen LogP contribution in [0.25, 0.3) is 0 Å². The molecule has 8 heteroatoms. The van der Waals surface area contributed by atoms with E-state index in [0.29, 0.717) is 48.6 Å². The quantitative estimate of drug-likeness (QED) is 0.814. The van der Waals surface area contributed by atoms with Crippen molar-refractivity contribution in [2.24, 2.45) is 0 Å². The van der Waals surface area contributed by atoms with Gasteiger partial charge in [-0.15, -0.1) is 0 Å². The first-order valence-corrected chi connectivity index (χ1v) is 9.88. The number of fused-ring (bicyclic) bond motifs is 2. The van der Waals surface area contributed by atoms with Crippen molar-refractivity contribution in [1.82, 2.24) is 15.6 Å². The van der Waals surface area contributed by atoms with E-state index in [-0.39, 0.29) is 11.9 Å². The zero-order chi connectivity index (χ0) is 18.9. The number of aromatic nitrogens is 1. The van der Waals surface area contributed by atoms with Crippen molar-refractivity contribution in [2.45, 2.75) is 37.4 Å². The fourth-order valence-corrected chi connectivity index (χ4v) is 4.22. The molecule has 3 fully saturated rings. The topological polar surface area (TPSA) is 88.9 Å².